The van der Waals surface area contributed by atoms with Gasteiger partial charge in [-0.1, -0.05) is 57.5 Å². The molecule has 1 saturated heterocycles. The topological polar surface area (TPSA) is 96.8 Å². The zero-order chi connectivity index (χ0) is 30.6. The lowest BCUT2D eigenvalue weighted by Gasteiger charge is -2.26. The van der Waals surface area contributed by atoms with Gasteiger partial charge in [0.2, 0.25) is 0 Å². The molecule has 2 amide bonds. The van der Waals surface area contributed by atoms with Crippen LogP contribution in [0.25, 0.3) is 10.2 Å². The molecule has 0 spiro atoms. The number of thiophene rings is 1. The number of hydrogen-bond donors (Lipinski definition) is 1. The van der Waals surface area contributed by atoms with E-state index in [9.17, 15) is 14.4 Å². The van der Waals surface area contributed by atoms with Crippen molar-refractivity contribution >= 4 is 51.0 Å². The number of para-hydroxylation sites is 1. The van der Waals surface area contributed by atoms with E-state index in [2.05, 4.69) is 15.3 Å². The van der Waals surface area contributed by atoms with Gasteiger partial charge < -0.3 is 15.0 Å². The number of rotatable bonds is 8. The molecule has 1 N–H and O–H groups in total. The Morgan fingerprint density at radius 3 is 2.35 bits per heavy atom. The van der Waals surface area contributed by atoms with Crippen molar-refractivity contribution in [2.75, 3.05) is 36.5 Å². The molecule has 0 radical (unpaired) electrons. The predicted molar refractivity (Wildman–Crippen MR) is 171 cm³/mol. The van der Waals surface area contributed by atoms with Crippen LogP contribution in [0.1, 0.15) is 73.2 Å². The molecule has 1 aliphatic rings. The highest BCUT2D eigenvalue weighted by Gasteiger charge is 2.28. The maximum Gasteiger partial charge on any atom is 0.436 e. The van der Waals surface area contributed by atoms with Gasteiger partial charge in [0.05, 0.1) is 17.6 Å². The van der Waals surface area contributed by atoms with E-state index in [-0.39, 0.29) is 29.7 Å². The molecule has 0 saturated carbocycles. The van der Waals surface area contributed by atoms with Gasteiger partial charge in [0.15, 0.2) is 5.82 Å². The fourth-order valence-corrected chi connectivity index (χ4v) is 6.14. The molecule has 5 rings (SSSR count). The van der Waals surface area contributed by atoms with E-state index in [0.29, 0.717) is 27.9 Å². The van der Waals surface area contributed by atoms with Crippen LogP contribution in [0.15, 0.2) is 60.0 Å². The number of benzene rings is 2. The van der Waals surface area contributed by atoms with E-state index in [1.54, 1.807) is 22.4 Å². The highest BCUT2D eigenvalue weighted by atomic mass is 32.1. The smallest absolute Gasteiger partial charge is 0.436 e. The van der Waals surface area contributed by atoms with E-state index in [0.717, 1.165) is 35.6 Å². The molecule has 10 heteroatoms. The minimum atomic E-state index is -0.668. The molecule has 0 aliphatic carbocycles. The van der Waals surface area contributed by atoms with Gasteiger partial charge in [0.25, 0.3) is 11.8 Å². The van der Waals surface area contributed by atoms with Gasteiger partial charge in [-0.2, -0.15) is 4.68 Å². The zero-order valence-corrected chi connectivity index (χ0v) is 26.1. The first kappa shape index (κ1) is 30.4. The Morgan fingerprint density at radius 1 is 1.00 bits per heavy atom. The van der Waals surface area contributed by atoms with Gasteiger partial charge >= 0.3 is 6.09 Å². The number of likely N-dealkylation sites (tertiary alicyclic amines) is 1. The van der Waals surface area contributed by atoms with E-state index >= 15 is 0 Å². The fourth-order valence-electron chi connectivity index (χ4n) is 5.15. The molecule has 2 aromatic heterocycles. The summed E-state index contributed by atoms with van der Waals surface area (Å²) in [5.74, 6) is -0.488. The second kappa shape index (κ2) is 13.1. The van der Waals surface area contributed by atoms with Crippen molar-refractivity contribution in [1.29, 1.82) is 0 Å². The number of piperidine rings is 1. The van der Waals surface area contributed by atoms with Gasteiger partial charge in [-0.05, 0) is 68.1 Å². The van der Waals surface area contributed by atoms with Gasteiger partial charge in [-0.25, -0.2) is 4.79 Å². The first-order valence-corrected chi connectivity index (χ1v) is 15.7. The number of ether oxygens (including phenoxy) is 1. The number of carbonyl (C=O) groups is 3. The average molecular weight is 602 g/mol. The predicted octanol–water partition coefficient (Wildman–Crippen LogP) is 7.03. The third-order valence-electron chi connectivity index (χ3n) is 7.36. The number of nitrogens with one attached hydrogen (secondary N) is 1. The monoisotopic (exact) mass is 601 g/mol. The average Bonchev–Trinajstić information content (AvgIpc) is 3.59. The van der Waals surface area contributed by atoms with Crippen molar-refractivity contribution in [1.82, 2.24) is 14.7 Å². The Morgan fingerprint density at radius 2 is 1.70 bits per heavy atom. The Bertz CT molecular complexity index is 1580. The molecule has 3 heterocycles. The highest BCUT2D eigenvalue weighted by molar-refractivity contribution is 7.17. The standard InChI is InChI=1S/C33H39N5O4S/c1-5-37(25-12-8-6-9-13-25)30(40)26-21-43-31-27(26)28(35-38(31)32(41)42-22-33(2,3)4)34-29(39)24-16-14-23(15-17-24)20-36-18-10-7-11-19-36/h6,8-9,12-17,21H,5,7,10-11,18-20,22H2,1-4H3,(H,34,35,39). The summed E-state index contributed by atoms with van der Waals surface area (Å²) in [5, 5.41) is 9.45. The fraction of sp³-hybridized carbons (Fsp3) is 0.394. The normalized spacial score (nSPS) is 14.0. The van der Waals surface area contributed by atoms with Crippen LogP contribution in [0.2, 0.25) is 0 Å². The minimum Gasteiger partial charge on any atom is -0.447 e. The third-order valence-corrected chi connectivity index (χ3v) is 8.32. The van der Waals surface area contributed by atoms with Crippen LogP contribution in [0.5, 0.6) is 0 Å². The Balaban J connectivity index is 1.45. The summed E-state index contributed by atoms with van der Waals surface area (Å²) in [6, 6.07) is 16.9. The molecule has 2 aromatic carbocycles. The van der Waals surface area contributed by atoms with E-state index < -0.39 is 6.09 Å². The summed E-state index contributed by atoms with van der Waals surface area (Å²) < 4.78 is 6.68. The summed E-state index contributed by atoms with van der Waals surface area (Å²) in [6.07, 6.45) is 3.06. The Kier molecular flexibility index (Phi) is 9.27. The highest BCUT2D eigenvalue weighted by Crippen LogP contribution is 2.35. The van der Waals surface area contributed by atoms with Crippen LogP contribution in [-0.4, -0.2) is 58.8 Å². The molecule has 0 bridgehead atoms. The van der Waals surface area contributed by atoms with Gasteiger partial charge in [-0.15, -0.1) is 16.4 Å². The lowest BCUT2D eigenvalue weighted by Crippen LogP contribution is -2.30. The molecule has 1 fully saturated rings. The van der Waals surface area contributed by atoms with Gasteiger partial charge in [0, 0.05) is 29.7 Å². The molecule has 226 valence electrons. The van der Waals surface area contributed by atoms with Crippen LogP contribution < -0.4 is 10.2 Å². The summed E-state index contributed by atoms with van der Waals surface area (Å²) in [7, 11) is 0. The minimum absolute atomic E-state index is 0.138. The Labute approximate surface area is 256 Å². The van der Waals surface area contributed by atoms with Crippen LogP contribution in [0.4, 0.5) is 16.3 Å². The molecule has 43 heavy (non-hydrogen) atoms. The maximum atomic E-state index is 13.9. The SMILES string of the molecule is CCN(C(=O)c1csc2c1c(NC(=O)c1ccc(CN3CCCCC3)cc1)nn2C(=O)OCC(C)(C)C)c1ccccc1. The number of aromatic nitrogens is 2. The van der Waals surface area contributed by atoms with Gasteiger partial charge in [-0.3, -0.25) is 14.5 Å². The summed E-state index contributed by atoms with van der Waals surface area (Å²) in [4.78, 5) is 45.0. The van der Waals surface area contributed by atoms with Crippen molar-refractivity contribution in [3.05, 3.63) is 76.7 Å². The molecule has 0 atom stereocenters. The quantitative estimate of drug-likeness (QED) is 0.233. The number of fused-ring (bicyclic) bond motifs is 1. The largest absolute Gasteiger partial charge is 0.447 e. The molecule has 4 aromatic rings. The van der Waals surface area contributed by atoms with E-state index in [1.807, 2.05) is 70.2 Å². The first-order valence-electron chi connectivity index (χ1n) is 14.8. The summed E-state index contributed by atoms with van der Waals surface area (Å²) in [6.45, 7) is 11.5. The van der Waals surface area contributed by atoms with E-state index in [4.69, 9.17) is 4.74 Å². The second-order valence-electron chi connectivity index (χ2n) is 12.1. The van der Waals surface area contributed by atoms with Crippen LogP contribution in [0, 0.1) is 5.41 Å². The van der Waals surface area contributed by atoms with Gasteiger partial charge in [0.1, 0.15) is 4.83 Å². The first-order chi connectivity index (χ1) is 20.6. The van der Waals surface area contributed by atoms with Crippen molar-refractivity contribution in [2.24, 2.45) is 5.41 Å². The molecular weight excluding hydrogens is 562 g/mol. The van der Waals surface area contributed by atoms with Crippen molar-refractivity contribution in [3.8, 4) is 0 Å². The van der Waals surface area contributed by atoms with Crippen molar-refractivity contribution in [2.45, 2.75) is 53.5 Å². The van der Waals surface area contributed by atoms with Crippen molar-refractivity contribution < 1.29 is 19.1 Å². The molecule has 0 unspecified atom stereocenters. The van der Waals surface area contributed by atoms with Crippen molar-refractivity contribution in [3.63, 3.8) is 0 Å². The maximum absolute atomic E-state index is 13.9. The van der Waals surface area contributed by atoms with Crippen LogP contribution in [-0.2, 0) is 11.3 Å². The number of carbonyl (C=O) groups excluding carboxylic acids is 3. The Hall–Kier alpha value is -4.02. The molecule has 9 nitrogen and oxygen atoms in total. The molecular formula is C33H39N5O4S. The number of nitrogens with zero attached hydrogens (tertiary/aromatic N) is 4. The van der Waals surface area contributed by atoms with E-state index in [1.165, 1.54) is 30.6 Å². The lowest BCUT2D eigenvalue weighted by atomic mass is 9.99. The summed E-state index contributed by atoms with van der Waals surface area (Å²) in [5.41, 5.74) is 2.47. The second-order valence-corrected chi connectivity index (χ2v) is 12.9. The summed E-state index contributed by atoms with van der Waals surface area (Å²) >= 11 is 1.21. The zero-order valence-electron chi connectivity index (χ0n) is 25.3. The number of hydrogen-bond acceptors (Lipinski definition) is 7. The third kappa shape index (κ3) is 7.14. The number of anilines is 2. The molecule has 1 aliphatic heterocycles. The van der Waals surface area contributed by atoms with Crippen LogP contribution in [0.3, 0.4) is 0 Å². The number of amides is 2. The lowest BCUT2D eigenvalue weighted by molar-refractivity contribution is 0.0987. The van der Waals surface area contributed by atoms with Crippen LogP contribution >= 0.6 is 11.3 Å².